The SMILES string of the molecule is c1ccc(-c2nc3c(o2)c(N(c2ccccc2)c2ccc(-c4cc5ccccc5c5ccccc45)cc2)cc2ccccc23)cc1. The first kappa shape index (κ1) is 26.2. The van der Waals surface area contributed by atoms with Crippen LogP contribution in [0.15, 0.2) is 174 Å². The number of anilines is 3. The van der Waals surface area contributed by atoms with Crippen LogP contribution in [-0.2, 0) is 0 Å². The van der Waals surface area contributed by atoms with Crippen molar-refractivity contribution in [3.8, 4) is 22.6 Å². The van der Waals surface area contributed by atoms with Crippen LogP contribution in [0.1, 0.15) is 0 Å². The molecule has 0 aliphatic carbocycles. The summed E-state index contributed by atoms with van der Waals surface area (Å²) in [6, 6.07) is 59.7. The second kappa shape index (κ2) is 10.8. The molecule has 0 aliphatic heterocycles. The van der Waals surface area contributed by atoms with Gasteiger partial charge in [0.1, 0.15) is 5.52 Å². The Bertz CT molecular complexity index is 2520. The highest BCUT2D eigenvalue weighted by Crippen LogP contribution is 2.44. The van der Waals surface area contributed by atoms with Crippen molar-refractivity contribution in [2.75, 3.05) is 4.90 Å². The average molecular weight is 589 g/mol. The fourth-order valence-corrected chi connectivity index (χ4v) is 6.69. The third-order valence-electron chi connectivity index (χ3n) is 8.85. The van der Waals surface area contributed by atoms with Crippen LogP contribution in [0, 0.1) is 0 Å². The van der Waals surface area contributed by atoms with Gasteiger partial charge < -0.3 is 9.32 Å². The lowest BCUT2D eigenvalue weighted by Crippen LogP contribution is -2.10. The summed E-state index contributed by atoms with van der Waals surface area (Å²) in [4.78, 5) is 7.33. The smallest absolute Gasteiger partial charge is 0.227 e. The molecule has 0 atom stereocenters. The first-order valence-electron chi connectivity index (χ1n) is 15.6. The van der Waals surface area contributed by atoms with E-state index in [2.05, 4.69) is 138 Å². The van der Waals surface area contributed by atoms with Crippen LogP contribution in [-0.4, -0.2) is 4.98 Å². The summed E-state index contributed by atoms with van der Waals surface area (Å²) < 4.78 is 6.65. The molecule has 0 bridgehead atoms. The number of hydrogen-bond donors (Lipinski definition) is 0. The van der Waals surface area contributed by atoms with Crippen molar-refractivity contribution >= 4 is 60.5 Å². The van der Waals surface area contributed by atoms with Crippen LogP contribution in [0.25, 0.3) is 66.0 Å². The normalized spacial score (nSPS) is 11.5. The van der Waals surface area contributed by atoms with Crippen LogP contribution < -0.4 is 4.90 Å². The molecule has 1 heterocycles. The van der Waals surface area contributed by atoms with Crippen LogP contribution in [0.2, 0.25) is 0 Å². The number of fused-ring (bicyclic) bond motifs is 6. The summed E-state index contributed by atoms with van der Waals surface area (Å²) >= 11 is 0. The molecule has 0 unspecified atom stereocenters. The van der Waals surface area contributed by atoms with Gasteiger partial charge in [-0.05, 0) is 86.6 Å². The summed E-state index contributed by atoms with van der Waals surface area (Å²) in [6.07, 6.45) is 0. The van der Waals surface area contributed by atoms with Gasteiger partial charge in [-0.25, -0.2) is 4.98 Å². The molecule has 1 aromatic heterocycles. The minimum Gasteiger partial charge on any atom is -0.434 e. The lowest BCUT2D eigenvalue weighted by atomic mass is 9.93. The van der Waals surface area contributed by atoms with E-state index in [0.717, 1.165) is 44.5 Å². The lowest BCUT2D eigenvalue weighted by Gasteiger charge is -2.26. The van der Waals surface area contributed by atoms with Crippen molar-refractivity contribution in [3.63, 3.8) is 0 Å². The van der Waals surface area contributed by atoms with Crippen LogP contribution in [0.4, 0.5) is 17.1 Å². The number of hydrogen-bond acceptors (Lipinski definition) is 3. The summed E-state index contributed by atoms with van der Waals surface area (Å²) in [6.45, 7) is 0. The van der Waals surface area contributed by atoms with E-state index in [9.17, 15) is 0 Å². The first-order valence-corrected chi connectivity index (χ1v) is 15.6. The lowest BCUT2D eigenvalue weighted by molar-refractivity contribution is 0.620. The number of nitrogens with zero attached hydrogens (tertiary/aromatic N) is 2. The fraction of sp³-hybridized carbons (Fsp3) is 0. The summed E-state index contributed by atoms with van der Waals surface area (Å²) in [5.74, 6) is 0.611. The molecule has 216 valence electrons. The monoisotopic (exact) mass is 588 g/mol. The number of oxazole rings is 1. The molecule has 0 saturated heterocycles. The Labute approximate surface area is 266 Å². The number of aromatic nitrogens is 1. The van der Waals surface area contributed by atoms with E-state index in [1.807, 2.05) is 36.4 Å². The molecule has 0 saturated carbocycles. The van der Waals surface area contributed by atoms with E-state index in [0.29, 0.717) is 5.89 Å². The molecular formula is C43H28N2O. The highest BCUT2D eigenvalue weighted by Gasteiger charge is 2.22. The predicted molar refractivity (Wildman–Crippen MR) is 192 cm³/mol. The highest BCUT2D eigenvalue weighted by molar-refractivity contribution is 6.14. The van der Waals surface area contributed by atoms with Gasteiger partial charge in [-0.2, -0.15) is 0 Å². The van der Waals surface area contributed by atoms with Gasteiger partial charge in [0.05, 0.1) is 5.69 Å². The first-order chi connectivity index (χ1) is 22.8. The number of benzene rings is 8. The Morgan fingerprint density at radius 2 is 1.00 bits per heavy atom. The minimum absolute atomic E-state index is 0.611. The van der Waals surface area contributed by atoms with E-state index in [1.54, 1.807) is 0 Å². The van der Waals surface area contributed by atoms with Crippen LogP contribution >= 0.6 is 0 Å². The molecular weight excluding hydrogens is 560 g/mol. The molecule has 9 aromatic rings. The molecule has 0 fully saturated rings. The molecule has 9 rings (SSSR count). The Morgan fingerprint density at radius 3 is 1.74 bits per heavy atom. The molecule has 3 heteroatoms. The average Bonchev–Trinajstić information content (AvgIpc) is 3.59. The zero-order valence-corrected chi connectivity index (χ0v) is 25.0. The highest BCUT2D eigenvalue weighted by atomic mass is 16.3. The van der Waals surface area contributed by atoms with Crippen molar-refractivity contribution in [3.05, 3.63) is 170 Å². The summed E-state index contributed by atoms with van der Waals surface area (Å²) in [7, 11) is 0. The van der Waals surface area contributed by atoms with Gasteiger partial charge in [0.2, 0.25) is 5.89 Å². The molecule has 0 spiro atoms. The van der Waals surface area contributed by atoms with Crippen LogP contribution in [0.5, 0.6) is 0 Å². The quantitative estimate of drug-likeness (QED) is 0.187. The number of rotatable bonds is 5. The molecule has 46 heavy (non-hydrogen) atoms. The second-order valence-electron chi connectivity index (χ2n) is 11.6. The topological polar surface area (TPSA) is 29.3 Å². The molecule has 8 aromatic carbocycles. The number of para-hydroxylation sites is 1. The van der Waals surface area contributed by atoms with E-state index in [1.165, 1.54) is 32.7 Å². The maximum Gasteiger partial charge on any atom is 0.227 e. The predicted octanol–water partition coefficient (Wildman–Crippen LogP) is 12.1. The van der Waals surface area contributed by atoms with Crippen LogP contribution in [0.3, 0.4) is 0 Å². The minimum atomic E-state index is 0.611. The van der Waals surface area contributed by atoms with Crippen molar-refractivity contribution < 1.29 is 4.42 Å². The van der Waals surface area contributed by atoms with E-state index >= 15 is 0 Å². The maximum atomic E-state index is 6.65. The third kappa shape index (κ3) is 4.33. The molecule has 0 radical (unpaired) electrons. The van der Waals surface area contributed by atoms with E-state index < -0.39 is 0 Å². The molecule has 0 aliphatic rings. The Kier molecular flexibility index (Phi) is 6.14. The van der Waals surface area contributed by atoms with Crippen molar-refractivity contribution in [1.29, 1.82) is 0 Å². The van der Waals surface area contributed by atoms with Gasteiger partial charge >= 0.3 is 0 Å². The zero-order chi connectivity index (χ0) is 30.5. The molecule has 0 N–H and O–H groups in total. The zero-order valence-electron chi connectivity index (χ0n) is 25.0. The van der Waals surface area contributed by atoms with E-state index in [4.69, 9.17) is 9.40 Å². The Hall–Kier alpha value is -6.19. The maximum absolute atomic E-state index is 6.65. The van der Waals surface area contributed by atoms with Crippen molar-refractivity contribution in [2.24, 2.45) is 0 Å². The largest absolute Gasteiger partial charge is 0.434 e. The van der Waals surface area contributed by atoms with Gasteiger partial charge in [0, 0.05) is 22.3 Å². The van der Waals surface area contributed by atoms with Gasteiger partial charge in [-0.3, -0.25) is 0 Å². The van der Waals surface area contributed by atoms with Gasteiger partial charge in [-0.15, -0.1) is 0 Å². The summed E-state index contributed by atoms with van der Waals surface area (Å²) in [5.41, 5.74) is 7.98. The van der Waals surface area contributed by atoms with Crippen molar-refractivity contribution in [1.82, 2.24) is 4.98 Å². The van der Waals surface area contributed by atoms with Gasteiger partial charge in [0.25, 0.3) is 0 Å². The van der Waals surface area contributed by atoms with Gasteiger partial charge in [0.15, 0.2) is 5.58 Å². The Balaban J connectivity index is 1.25. The third-order valence-corrected chi connectivity index (χ3v) is 8.85. The molecule has 0 amide bonds. The van der Waals surface area contributed by atoms with Crippen molar-refractivity contribution in [2.45, 2.75) is 0 Å². The Morgan fingerprint density at radius 1 is 0.435 bits per heavy atom. The standard InChI is InChI=1S/C43H28N2O/c1-3-13-30(14-4-1)43-44-41-36-20-10-8-16-32(36)28-40(42(41)46-43)45(33-17-5-2-6-18-33)34-25-23-29(24-26-34)39-27-31-15-7-9-19-35(31)37-21-11-12-22-38(37)39/h1-28H. The van der Waals surface area contributed by atoms with E-state index in [-0.39, 0.29) is 0 Å². The molecule has 3 nitrogen and oxygen atoms in total. The summed E-state index contributed by atoms with van der Waals surface area (Å²) in [5, 5.41) is 7.21. The fourth-order valence-electron chi connectivity index (χ4n) is 6.69. The van der Waals surface area contributed by atoms with Gasteiger partial charge in [-0.1, -0.05) is 121 Å². The second-order valence-corrected chi connectivity index (χ2v) is 11.6.